The highest BCUT2D eigenvalue weighted by Gasteiger charge is 2.48. The SMILES string of the molecule is CS(=O)(=O)N1CCN(S(=O)(=O)c2ccc(Cl)c(Cl)c2)C1C(=O)NC(CC(=O)O)c1cccc([N+](=O)[O-])c1. The summed E-state index contributed by atoms with van der Waals surface area (Å²) in [6.45, 7) is -0.758. The van der Waals surface area contributed by atoms with E-state index in [0.717, 1.165) is 30.5 Å². The molecule has 2 N–H and O–H groups in total. The summed E-state index contributed by atoms with van der Waals surface area (Å²) < 4.78 is 52.9. The largest absolute Gasteiger partial charge is 0.481 e. The Bertz CT molecular complexity index is 1470. The molecule has 2 unspecified atom stereocenters. The Morgan fingerprint density at radius 1 is 1.11 bits per heavy atom. The van der Waals surface area contributed by atoms with Gasteiger partial charge >= 0.3 is 5.97 Å². The summed E-state index contributed by atoms with van der Waals surface area (Å²) in [7, 11) is -8.60. The summed E-state index contributed by atoms with van der Waals surface area (Å²) in [6.07, 6.45) is -1.85. The van der Waals surface area contributed by atoms with Crippen LogP contribution in [0.3, 0.4) is 0 Å². The summed E-state index contributed by atoms with van der Waals surface area (Å²) in [5.74, 6) is -2.52. The highest BCUT2D eigenvalue weighted by molar-refractivity contribution is 7.89. The molecule has 0 saturated carbocycles. The molecule has 200 valence electrons. The Labute approximate surface area is 221 Å². The molecule has 0 radical (unpaired) electrons. The molecule has 1 amide bonds. The van der Waals surface area contributed by atoms with Crippen molar-refractivity contribution in [2.75, 3.05) is 19.3 Å². The normalized spacial score (nSPS) is 17.9. The maximum absolute atomic E-state index is 13.4. The zero-order chi connectivity index (χ0) is 27.7. The second-order valence-electron chi connectivity index (χ2n) is 7.95. The molecule has 0 aliphatic carbocycles. The molecule has 2 atom stereocenters. The lowest BCUT2D eigenvalue weighted by atomic mass is 10.0. The van der Waals surface area contributed by atoms with Crippen molar-refractivity contribution >= 4 is 60.8 Å². The Morgan fingerprint density at radius 2 is 1.76 bits per heavy atom. The van der Waals surface area contributed by atoms with Crippen LogP contribution in [0.15, 0.2) is 47.4 Å². The summed E-state index contributed by atoms with van der Waals surface area (Å²) in [5, 5.41) is 22.8. The molecular formula is C20H20Cl2N4O9S2. The molecule has 0 spiro atoms. The van der Waals surface area contributed by atoms with Gasteiger partial charge in [-0.2, -0.15) is 8.61 Å². The molecule has 0 bridgehead atoms. The number of benzene rings is 2. The number of hydrogen-bond acceptors (Lipinski definition) is 8. The number of carbonyl (C=O) groups is 2. The second-order valence-corrected chi connectivity index (χ2v) is 12.6. The van der Waals surface area contributed by atoms with Crippen molar-refractivity contribution in [3.8, 4) is 0 Å². The van der Waals surface area contributed by atoms with Crippen molar-refractivity contribution in [1.29, 1.82) is 0 Å². The predicted octanol–water partition coefficient (Wildman–Crippen LogP) is 1.83. The number of carboxylic acid groups (broad SMARTS) is 1. The number of carbonyl (C=O) groups excluding carboxylic acids is 1. The molecule has 1 aliphatic heterocycles. The number of amides is 1. The van der Waals surface area contributed by atoms with Gasteiger partial charge in [-0.05, 0) is 23.8 Å². The summed E-state index contributed by atoms with van der Waals surface area (Å²) in [5.41, 5.74) is -0.322. The van der Waals surface area contributed by atoms with E-state index in [1.54, 1.807) is 0 Å². The minimum absolute atomic E-state index is 0.0488. The molecule has 1 aliphatic rings. The zero-order valence-corrected chi connectivity index (χ0v) is 22.1. The van der Waals surface area contributed by atoms with Crippen LogP contribution in [0.5, 0.6) is 0 Å². The number of nitro groups is 1. The van der Waals surface area contributed by atoms with Crippen molar-refractivity contribution in [2.45, 2.75) is 23.5 Å². The maximum Gasteiger partial charge on any atom is 0.305 e. The fourth-order valence-corrected chi connectivity index (χ4v) is 6.73. The average Bonchev–Trinajstić information content (AvgIpc) is 3.27. The van der Waals surface area contributed by atoms with Crippen LogP contribution in [0.1, 0.15) is 18.0 Å². The van der Waals surface area contributed by atoms with E-state index < -0.39 is 62.0 Å². The molecule has 3 rings (SSSR count). The highest BCUT2D eigenvalue weighted by Crippen LogP contribution is 2.31. The second kappa shape index (κ2) is 10.9. The van der Waals surface area contributed by atoms with Gasteiger partial charge in [0.15, 0.2) is 6.17 Å². The smallest absolute Gasteiger partial charge is 0.305 e. The van der Waals surface area contributed by atoms with Crippen LogP contribution in [0.25, 0.3) is 0 Å². The molecule has 1 fully saturated rings. The van der Waals surface area contributed by atoms with E-state index in [4.69, 9.17) is 23.2 Å². The van der Waals surface area contributed by atoms with Crippen LogP contribution in [0.2, 0.25) is 10.0 Å². The van der Waals surface area contributed by atoms with E-state index in [1.165, 1.54) is 18.2 Å². The molecule has 1 saturated heterocycles. The lowest BCUT2D eigenvalue weighted by molar-refractivity contribution is -0.384. The van der Waals surface area contributed by atoms with Crippen LogP contribution in [0, 0.1) is 10.1 Å². The van der Waals surface area contributed by atoms with E-state index >= 15 is 0 Å². The van der Waals surface area contributed by atoms with Crippen LogP contribution in [0.4, 0.5) is 5.69 Å². The molecule has 13 nitrogen and oxygen atoms in total. The number of halogens is 2. The van der Waals surface area contributed by atoms with Gasteiger partial charge in [0, 0.05) is 25.2 Å². The number of carboxylic acids is 1. The highest BCUT2D eigenvalue weighted by atomic mass is 35.5. The third kappa shape index (κ3) is 6.37. The summed E-state index contributed by atoms with van der Waals surface area (Å²) >= 11 is 11.8. The van der Waals surface area contributed by atoms with E-state index in [9.17, 15) is 41.6 Å². The lowest BCUT2D eigenvalue weighted by Gasteiger charge is -2.29. The van der Waals surface area contributed by atoms with Crippen molar-refractivity contribution in [1.82, 2.24) is 13.9 Å². The Morgan fingerprint density at radius 3 is 2.32 bits per heavy atom. The number of nitrogens with one attached hydrogen (secondary N) is 1. The van der Waals surface area contributed by atoms with Crippen LogP contribution in [-0.4, -0.2) is 72.9 Å². The molecule has 37 heavy (non-hydrogen) atoms. The van der Waals surface area contributed by atoms with Gasteiger partial charge in [-0.1, -0.05) is 35.3 Å². The predicted molar refractivity (Wildman–Crippen MR) is 132 cm³/mol. The van der Waals surface area contributed by atoms with Gasteiger partial charge in [0.05, 0.1) is 38.6 Å². The van der Waals surface area contributed by atoms with Crippen LogP contribution >= 0.6 is 23.2 Å². The number of rotatable bonds is 9. The lowest BCUT2D eigenvalue weighted by Crippen LogP contribution is -2.54. The van der Waals surface area contributed by atoms with Gasteiger partial charge in [-0.25, -0.2) is 16.8 Å². The van der Waals surface area contributed by atoms with Gasteiger partial charge in [0.25, 0.3) is 11.6 Å². The Hall–Kier alpha value is -2.82. The first-order chi connectivity index (χ1) is 17.1. The first-order valence-corrected chi connectivity index (χ1v) is 14.4. The summed E-state index contributed by atoms with van der Waals surface area (Å²) in [6, 6.07) is 6.91. The van der Waals surface area contributed by atoms with Gasteiger partial charge < -0.3 is 10.4 Å². The number of aliphatic carboxylic acids is 1. The van der Waals surface area contributed by atoms with E-state index in [-0.39, 0.29) is 32.7 Å². The first kappa shape index (κ1) is 28.7. The zero-order valence-electron chi connectivity index (χ0n) is 18.9. The van der Waals surface area contributed by atoms with Crippen molar-refractivity contribution < 1.29 is 36.5 Å². The van der Waals surface area contributed by atoms with Gasteiger partial charge in [-0.15, -0.1) is 0 Å². The minimum Gasteiger partial charge on any atom is -0.481 e. The molecule has 1 heterocycles. The number of nitrogens with zero attached hydrogens (tertiary/aromatic N) is 3. The number of sulfonamides is 2. The van der Waals surface area contributed by atoms with E-state index in [2.05, 4.69) is 5.32 Å². The van der Waals surface area contributed by atoms with Crippen molar-refractivity contribution in [2.24, 2.45) is 0 Å². The van der Waals surface area contributed by atoms with Crippen molar-refractivity contribution in [3.63, 3.8) is 0 Å². The molecule has 17 heteroatoms. The Balaban J connectivity index is 2.03. The fourth-order valence-electron chi connectivity index (χ4n) is 3.75. The van der Waals surface area contributed by atoms with Crippen LogP contribution < -0.4 is 5.32 Å². The van der Waals surface area contributed by atoms with Crippen molar-refractivity contribution in [3.05, 3.63) is 68.2 Å². The molecular weight excluding hydrogens is 575 g/mol. The first-order valence-electron chi connectivity index (χ1n) is 10.3. The van der Waals surface area contributed by atoms with E-state index in [1.807, 2.05) is 0 Å². The minimum atomic E-state index is -4.49. The van der Waals surface area contributed by atoms with Crippen LogP contribution in [-0.2, 0) is 29.6 Å². The molecule has 2 aromatic rings. The number of non-ortho nitro benzene ring substituents is 1. The third-order valence-corrected chi connectivity index (χ3v) is 9.25. The van der Waals surface area contributed by atoms with Gasteiger partial charge in [0.1, 0.15) is 0 Å². The van der Waals surface area contributed by atoms with Gasteiger partial charge in [-0.3, -0.25) is 19.7 Å². The monoisotopic (exact) mass is 594 g/mol. The standard InChI is InChI=1S/C20H20Cl2N4O9S2/c1-36(32,33)24-7-8-25(37(34,35)14-5-6-15(21)16(22)10-14)20(24)19(29)23-17(11-18(27)28)12-3-2-4-13(9-12)26(30)31/h2-6,9-10,17,20H,7-8,11H2,1H3,(H,23,29)(H,27,28). The fraction of sp³-hybridized carbons (Fsp3) is 0.300. The summed E-state index contributed by atoms with van der Waals surface area (Å²) in [4.78, 5) is 35.0. The topological polar surface area (TPSA) is 184 Å². The number of nitro benzene ring substituents is 1. The number of hydrogen-bond donors (Lipinski definition) is 2. The Kier molecular flexibility index (Phi) is 8.46. The van der Waals surface area contributed by atoms with E-state index in [0.29, 0.717) is 8.61 Å². The molecule has 2 aromatic carbocycles. The molecule has 0 aromatic heterocycles. The van der Waals surface area contributed by atoms with Gasteiger partial charge in [0.2, 0.25) is 20.0 Å². The maximum atomic E-state index is 13.4. The third-order valence-electron chi connectivity index (χ3n) is 5.42. The average molecular weight is 595 g/mol. The quantitative estimate of drug-likeness (QED) is 0.322.